The van der Waals surface area contributed by atoms with Gasteiger partial charge in [0.15, 0.2) is 0 Å². The fraction of sp³-hybridized carbons (Fsp3) is 0.267. The van der Waals surface area contributed by atoms with Crippen LogP contribution in [0.2, 0.25) is 5.15 Å². The first-order chi connectivity index (χ1) is 10.7. The Morgan fingerprint density at radius 2 is 2.00 bits per heavy atom. The molecule has 0 saturated carbocycles. The van der Waals surface area contributed by atoms with E-state index in [1.807, 2.05) is 0 Å². The van der Waals surface area contributed by atoms with Gasteiger partial charge in [0.1, 0.15) is 16.5 Å². The van der Waals surface area contributed by atoms with Crippen LogP contribution in [-0.2, 0) is 4.74 Å². The summed E-state index contributed by atoms with van der Waals surface area (Å²) in [4.78, 5) is 19.7. The molecule has 0 spiro atoms. The van der Waals surface area contributed by atoms with Crippen molar-refractivity contribution in [3.8, 4) is 11.6 Å². The van der Waals surface area contributed by atoms with E-state index in [0.717, 1.165) is 0 Å². The van der Waals surface area contributed by atoms with Gasteiger partial charge in [0, 0.05) is 17.8 Å². The molecule has 2 aromatic rings. The van der Waals surface area contributed by atoms with E-state index < -0.39 is 11.7 Å². The van der Waals surface area contributed by atoms with Crippen LogP contribution in [0, 0.1) is 0 Å². The second kappa shape index (κ2) is 7.14. The van der Waals surface area contributed by atoms with Gasteiger partial charge in [0.05, 0.1) is 0 Å². The van der Waals surface area contributed by atoms with Gasteiger partial charge in [0.25, 0.3) is 0 Å². The van der Waals surface area contributed by atoms with Gasteiger partial charge in [-0.25, -0.2) is 9.78 Å². The summed E-state index contributed by atoms with van der Waals surface area (Å²) in [6.07, 6.45) is -0.539. The van der Waals surface area contributed by atoms with E-state index in [1.54, 1.807) is 45.0 Å². The van der Waals surface area contributed by atoms with Gasteiger partial charge in [0.2, 0.25) is 10.6 Å². The number of carbonyl (C=O) groups is 1. The molecule has 1 aromatic carbocycles. The Hall–Kier alpha value is -1.86. The lowest BCUT2D eigenvalue weighted by atomic mass is 10.2. The minimum absolute atomic E-state index is 0.255. The molecule has 0 aliphatic rings. The smallest absolute Gasteiger partial charge is 0.412 e. The summed E-state index contributed by atoms with van der Waals surface area (Å²) in [6.45, 7) is 5.38. The quantitative estimate of drug-likeness (QED) is 0.577. The van der Waals surface area contributed by atoms with Crippen LogP contribution in [0.5, 0.6) is 11.6 Å². The predicted molar refractivity (Wildman–Crippen MR) is 91.1 cm³/mol. The van der Waals surface area contributed by atoms with Crippen LogP contribution in [0.25, 0.3) is 0 Å². The van der Waals surface area contributed by atoms with Crippen molar-refractivity contribution in [3.63, 3.8) is 0 Å². The number of rotatable bonds is 3. The normalized spacial score (nSPS) is 11.0. The molecule has 0 radical (unpaired) electrons. The number of benzene rings is 1. The average molecular weight is 401 g/mol. The van der Waals surface area contributed by atoms with Crippen molar-refractivity contribution in [3.05, 3.63) is 40.2 Å². The van der Waals surface area contributed by atoms with E-state index in [1.165, 1.54) is 6.07 Å². The lowest BCUT2D eigenvalue weighted by molar-refractivity contribution is 0.0636. The van der Waals surface area contributed by atoms with Gasteiger partial charge >= 0.3 is 6.09 Å². The van der Waals surface area contributed by atoms with Crippen LogP contribution in [0.1, 0.15) is 20.8 Å². The van der Waals surface area contributed by atoms with Gasteiger partial charge < -0.3 is 9.47 Å². The van der Waals surface area contributed by atoms with Gasteiger partial charge in [-0.1, -0.05) is 17.7 Å². The molecule has 2 rings (SSSR count). The molecule has 8 heteroatoms. The topological polar surface area (TPSA) is 73.3 Å². The van der Waals surface area contributed by atoms with Gasteiger partial charge in [-0.05, 0) is 48.8 Å². The van der Waals surface area contributed by atoms with Gasteiger partial charge in [-0.15, -0.1) is 0 Å². The van der Waals surface area contributed by atoms with E-state index in [-0.39, 0.29) is 11.0 Å². The minimum atomic E-state index is -0.567. The van der Waals surface area contributed by atoms with E-state index >= 15 is 0 Å². The zero-order chi connectivity index (χ0) is 17.0. The molecule has 1 heterocycles. The number of hydrogen-bond donors (Lipinski definition) is 1. The number of ether oxygens (including phenoxy) is 2. The van der Waals surface area contributed by atoms with E-state index in [0.29, 0.717) is 16.2 Å². The molecule has 23 heavy (non-hydrogen) atoms. The zero-order valence-electron chi connectivity index (χ0n) is 12.8. The molecule has 0 unspecified atom stereocenters. The highest BCUT2D eigenvalue weighted by Gasteiger charge is 2.16. The van der Waals surface area contributed by atoms with E-state index in [9.17, 15) is 4.79 Å². The molecule has 1 amide bonds. The molecule has 0 saturated heterocycles. The summed E-state index contributed by atoms with van der Waals surface area (Å²) in [5.74, 6) is 0.770. The lowest BCUT2D eigenvalue weighted by Gasteiger charge is -2.19. The first-order valence-electron chi connectivity index (χ1n) is 6.69. The van der Waals surface area contributed by atoms with Crippen molar-refractivity contribution in [2.45, 2.75) is 26.4 Å². The molecule has 0 atom stereocenters. The monoisotopic (exact) mass is 399 g/mol. The third-order valence-electron chi connectivity index (χ3n) is 2.35. The van der Waals surface area contributed by atoms with Crippen molar-refractivity contribution >= 4 is 39.3 Å². The third kappa shape index (κ3) is 6.03. The van der Waals surface area contributed by atoms with Crippen LogP contribution < -0.4 is 10.1 Å². The SMILES string of the molecule is CC(C)(C)OC(=O)Nc1cccc(Oc2cc(Cl)nc(Br)n2)c1. The highest BCUT2D eigenvalue weighted by molar-refractivity contribution is 9.10. The van der Waals surface area contributed by atoms with Crippen molar-refractivity contribution in [1.82, 2.24) is 9.97 Å². The number of carbonyl (C=O) groups excluding carboxylic acids is 1. The van der Waals surface area contributed by atoms with Gasteiger partial charge in [-0.2, -0.15) is 4.98 Å². The standard InChI is InChI=1S/C15H15BrClN3O3/c1-15(2,3)23-14(21)18-9-5-4-6-10(7-9)22-12-8-11(17)19-13(16)20-12/h4-8H,1-3H3,(H,18,21). The van der Waals surface area contributed by atoms with Crippen LogP contribution in [0.15, 0.2) is 35.1 Å². The predicted octanol–water partition coefficient (Wildman–Crippen LogP) is 5.03. The Bertz CT molecular complexity index is 699. The second-order valence-electron chi connectivity index (χ2n) is 5.55. The molecular formula is C15H15BrClN3O3. The Labute approximate surface area is 147 Å². The largest absolute Gasteiger partial charge is 0.444 e. The number of aromatic nitrogens is 2. The third-order valence-corrected chi connectivity index (χ3v) is 2.89. The molecule has 1 N–H and O–H groups in total. The van der Waals surface area contributed by atoms with Crippen LogP contribution in [-0.4, -0.2) is 21.7 Å². The zero-order valence-corrected chi connectivity index (χ0v) is 15.1. The summed E-state index contributed by atoms with van der Waals surface area (Å²) in [6, 6.07) is 8.32. The summed E-state index contributed by atoms with van der Waals surface area (Å²) >= 11 is 8.98. The molecule has 1 aromatic heterocycles. The summed E-state index contributed by atoms with van der Waals surface area (Å²) in [7, 11) is 0. The number of halogens is 2. The maximum Gasteiger partial charge on any atom is 0.412 e. The molecule has 0 aliphatic heterocycles. The van der Waals surface area contributed by atoms with E-state index in [4.69, 9.17) is 21.1 Å². The van der Waals surface area contributed by atoms with Crippen molar-refractivity contribution in [1.29, 1.82) is 0 Å². The highest BCUT2D eigenvalue weighted by Crippen LogP contribution is 2.25. The summed E-state index contributed by atoms with van der Waals surface area (Å²) < 4.78 is 11.1. The van der Waals surface area contributed by atoms with Crippen LogP contribution in [0.3, 0.4) is 0 Å². The van der Waals surface area contributed by atoms with E-state index in [2.05, 4.69) is 31.2 Å². The first-order valence-corrected chi connectivity index (χ1v) is 7.86. The Kier molecular flexibility index (Phi) is 5.43. The van der Waals surface area contributed by atoms with Crippen molar-refractivity contribution in [2.75, 3.05) is 5.32 Å². The Morgan fingerprint density at radius 1 is 1.26 bits per heavy atom. The summed E-state index contributed by atoms with van der Waals surface area (Å²) in [5.41, 5.74) is -0.0293. The van der Waals surface area contributed by atoms with Crippen molar-refractivity contribution < 1.29 is 14.3 Å². The summed E-state index contributed by atoms with van der Waals surface area (Å²) in [5, 5.41) is 2.89. The van der Waals surface area contributed by atoms with Crippen molar-refractivity contribution in [2.24, 2.45) is 0 Å². The number of amides is 1. The van der Waals surface area contributed by atoms with Crippen LogP contribution in [0.4, 0.5) is 10.5 Å². The van der Waals surface area contributed by atoms with Gasteiger partial charge in [-0.3, -0.25) is 5.32 Å². The van der Waals surface area contributed by atoms with Crippen LogP contribution >= 0.6 is 27.5 Å². The minimum Gasteiger partial charge on any atom is -0.444 e. The molecule has 0 bridgehead atoms. The number of nitrogens with one attached hydrogen (secondary N) is 1. The highest BCUT2D eigenvalue weighted by atomic mass is 79.9. The lowest BCUT2D eigenvalue weighted by Crippen LogP contribution is -2.27. The molecule has 0 fully saturated rings. The maximum absolute atomic E-state index is 11.8. The molecule has 6 nitrogen and oxygen atoms in total. The number of hydrogen-bond acceptors (Lipinski definition) is 5. The molecule has 122 valence electrons. The Morgan fingerprint density at radius 3 is 2.65 bits per heavy atom. The fourth-order valence-corrected chi connectivity index (χ4v) is 2.24. The molecule has 0 aliphatic carbocycles. The fourth-order valence-electron chi connectivity index (χ4n) is 1.60. The number of nitrogens with zero attached hydrogens (tertiary/aromatic N) is 2. The Balaban J connectivity index is 2.09. The second-order valence-corrected chi connectivity index (χ2v) is 6.65. The molecular weight excluding hydrogens is 386 g/mol. The first kappa shape index (κ1) is 17.5. The maximum atomic E-state index is 11.8. The number of anilines is 1. The average Bonchev–Trinajstić information content (AvgIpc) is 2.35.